The molecule has 4 heteroatoms. The minimum Gasteiger partial charge on any atom is -0.384 e. The fourth-order valence-electron chi connectivity index (χ4n) is 1.76. The molecule has 1 N–H and O–H groups in total. The predicted octanol–water partition coefficient (Wildman–Crippen LogP) is 4.01. The molecule has 2 aromatic carbocycles. The Labute approximate surface area is 116 Å². The standard InChI is InChI=1S/C15H12ClFN2/c16-13-3-6-15(12(9-13)10-18)19-8-7-11-1-4-14(17)5-2-11/h1-6,9,19H,7-8H2. The van der Waals surface area contributed by atoms with E-state index in [9.17, 15) is 4.39 Å². The van der Waals surface area contributed by atoms with Crippen molar-refractivity contribution >= 4 is 17.3 Å². The highest BCUT2D eigenvalue weighted by Crippen LogP contribution is 2.19. The van der Waals surface area contributed by atoms with Gasteiger partial charge in [-0.2, -0.15) is 5.26 Å². The first-order valence-corrected chi connectivity index (χ1v) is 6.25. The summed E-state index contributed by atoms with van der Waals surface area (Å²) in [7, 11) is 0. The molecule has 2 nitrogen and oxygen atoms in total. The molecule has 0 unspecified atom stereocenters. The van der Waals surface area contributed by atoms with Crippen molar-refractivity contribution in [1.82, 2.24) is 0 Å². The second-order valence-electron chi connectivity index (χ2n) is 4.10. The van der Waals surface area contributed by atoms with Crippen LogP contribution in [0.25, 0.3) is 0 Å². The van der Waals surface area contributed by atoms with E-state index in [1.807, 2.05) is 0 Å². The Morgan fingerprint density at radius 3 is 2.58 bits per heavy atom. The molecule has 0 amide bonds. The molecule has 0 atom stereocenters. The smallest absolute Gasteiger partial charge is 0.123 e. The Morgan fingerprint density at radius 2 is 1.89 bits per heavy atom. The first-order chi connectivity index (χ1) is 9.19. The zero-order chi connectivity index (χ0) is 13.7. The van der Waals surface area contributed by atoms with Gasteiger partial charge in [0.05, 0.1) is 11.3 Å². The number of hydrogen-bond acceptors (Lipinski definition) is 2. The van der Waals surface area contributed by atoms with Crippen LogP contribution >= 0.6 is 11.6 Å². The molecule has 0 aromatic heterocycles. The summed E-state index contributed by atoms with van der Waals surface area (Å²) in [4.78, 5) is 0. The van der Waals surface area contributed by atoms with Crippen LogP contribution in [0.1, 0.15) is 11.1 Å². The Bertz CT molecular complexity index is 603. The first kappa shape index (κ1) is 13.4. The van der Waals surface area contributed by atoms with Gasteiger partial charge in [0.2, 0.25) is 0 Å². The summed E-state index contributed by atoms with van der Waals surface area (Å²) in [6.45, 7) is 0.669. The van der Waals surface area contributed by atoms with Crippen LogP contribution in [0.15, 0.2) is 42.5 Å². The highest BCUT2D eigenvalue weighted by atomic mass is 35.5. The average molecular weight is 275 g/mol. The molecule has 0 fully saturated rings. The number of anilines is 1. The lowest BCUT2D eigenvalue weighted by molar-refractivity contribution is 0.627. The lowest BCUT2D eigenvalue weighted by atomic mass is 10.1. The maximum Gasteiger partial charge on any atom is 0.123 e. The minimum atomic E-state index is -0.235. The molecule has 0 aliphatic carbocycles. The van der Waals surface area contributed by atoms with Gasteiger partial charge in [-0.05, 0) is 42.3 Å². The molecule has 0 heterocycles. The van der Waals surface area contributed by atoms with Crippen molar-refractivity contribution in [3.05, 3.63) is 64.4 Å². The van der Waals surface area contributed by atoms with Gasteiger partial charge < -0.3 is 5.32 Å². The monoisotopic (exact) mass is 274 g/mol. The molecule has 0 aliphatic rings. The average Bonchev–Trinajstić information content (AvgIpc) is 2.42. The number of nitrogens with zero attached hydrogens (tertiary/aromatic N) is 1. The number of hydrogen-bond donors (Lipinski definition) is 1. The second-order valence-corrected chi connectivity index (χ2v) is 4.54. The van der Waals surface area contributed by atoms with E-state index in [-0.39, 0.29) is 5.82 Å². The third kappa shape index (κ3) is 3.70. The van der Waals surface area contributed by atoms with Crippen LogP contribution in [-0.2, 0) is 6.42 Å². The third-order valence-corrected chi connectivity index (χ3v) is 2.98. The third-order valence-electron chi connectivity index (χ3n) is 2.74. The zero-order valence-electron chi connectivity index (χ0n) is 10.2. The van der Waals surface area contributed by atoms with E-state index >= 15 is 0 Å². The van der Waals surface area contributed by atoms with E-state index in [0.29, 0.717) is 17.1 Å². The number of nitrogens with one attached hydrogen (secondary N) is 1. The predicted molar refractivity (Wildman–Crippen MR) is 74.8 cm³/mol. The lowest BCUT2D eigenvalue weighted by Gasteiger charge is -2.08. The van der Waals surface area contributed by atoms with Gasteiger partial charge in [-0.3, -0.25) is 0 Å². The molecular weight excluding hydrogens is 263 g/mol. The van der Waals surface area contributed by atoms with Gasteiger partial charge in [-0.15, -0.1) is 0 Å². The maximum absolute atomic E-state index is 12.7. The van der Waals surface area contributed by atoms with E-state index < -0.39 is 0 Å². The molecule has 19 heavy (non-hydrogen) atoms. The lowest BCUT2D eigenvalue weighted by Crippen LogP contribution is -2.06. The van der Waals surface area contributed by atoms with Crippen LogP contribution in [0.3, 0.4) is 0 Å². The fraction of sp³-hybridized carbons (Fsp3) is 0.133. The van der Waals surface area contributed by atoms with Crippen LogP contribution in [0, 0.1) is 17.1 Å². The van der Waals surface area contributed by atoms with E-state index in [2.05, 4.69) is 11.4 Å². The molecule has 2 rings (SSSR count). The normalized spacial score (nSPS) is 9.95. The maximum atomic E-state index is 12.7. The fourth-order valence-corrected chi connectivity index (χ4v) is 1.93. The number of rotatable bonds is 4. The summed E-state index contributed by atoms with van der Waals surface area (Å²) >= 11 is 5.83. The van der Waals surface area contributed by atoms with Crippen molar-refractivity contribution in [2.24, 2.45) is 0 Å². The molecule has 0 radical (unpaired) electrons. The van der Waals surface area contributed by atoms with E-state index in [0.717, 1.165) is 17.7 Å². The van der Waals surface area contributed by atoms with Crippen molar-refractivity contribution in [3.8, 4) is 6.07 Å². The van der Waals surface area contributed by atoms with Gasteiger partial charge in [0.15, 0.2) is 0 Å². The van der Waals surface area contributed by atoms with E-state index in [1.54, 1.807) is 30.3 Å². The van der Waals surface area contributed by atoms with Crippen LogP contribution < -0.4 is 5.32 Å². The van der Waals surface area contributed by atoms with Crippen LogP contribution in [0.2, 0.25) is 5.02 Å². The van der Waals surface area contributed by atoms with Gasteiger partial charge in [0.1, 0.15) is 11.9 Å². The van der Waals surface area contributed by atoms with Gasteiger partial charge >= 0.3 is 0 Å². The summed E-state index contributed by atoms with van der Waals surface area (Å²) in [5, 5.41) is 12.7. The summed E-state index contributed by atoms with van der Waals surface area (Å²) in [6.07, 6.45) is 0.758. The van der Waals surface area contributed by atoms with Gasteiger partial charge in [-0.1, -0.05) is 23.7 Å². The number of halogens is 2. The summed E-state index contributed by atoms with van der Waals surface area (Å²) in [5.41, 5.74) is 2.32. The zero-order valence-corrected chi connectivity index (χ0v) is 10.9. The van der Waals surface area contributed by atoms with Crippen LogP contribution in [0.5, 0.6) is 0 Å². The molecule has 0 spiro atoms. The van der Waals surface area contributed by atoms with Crippen molar-refractivity contribution in [2.75, 3.05) is 11.9 Å². The van der Waals surface area contributed by atoms with Gasteiger partial charge in [0.25, 0.3) is 0 Å². The summed E-state index contributed by atoms with van der Waals surface area (Å²) in [6, 6.07) is 13.6. The first-order valence-electron chi connectivity index (χ1n) is 5.87. The molecular formula is C15H12ClFN2. The SMILES string of the molecule is N#Cc1cc(Cl)ccc1NCCc1ccc(F)cc1. The number of benzene rings is 2. The van der Waals surface area contributed by atoms with Gasteiger partial charge in [-0.25, -0.2) is 4.39 Å². The largest absolute Gasteiger partial charge is 0.384 e. The Balaban J connectivity index is 1.96. The van der Waals surface area contributed by atoms with Crippen molar-refractivity contribution in [2.45, 2.75) is 6.42 Å². The van der Waals surface area contributed by atoms with Crippen molar-refractivity contribution < 1.29 is 4.39 Å². The Kier molecular flexibility index (Phi) is 4.38. The van der Waals surface area contributed by atoms with E-state index in [4.69, 9.17) is 16.9 Å². The molecule has 0 saturated carbocycles. The molecule has 0 bridgehead atoms. The van der Waals surface area contributed by atoms with Crippen LogP contribution in [0.4, 0.5) is 10.1 Å². The second kappa shape index (κ2) is 6.21. The highest BCUT2D eigenvalue weighted by Gasteiger charge is 2.02. The van der Waals surface area contributed by atoms with E-state index in [1.165, 1.54) is 12.1 Å². The van der Waals surface area contributed by atoms with Crippen molar-refractivity contribution in [1.29, 1.82) is 5.26 Å². The molecule has 2 aromatic rings. The highest BCUT2D eigenvalue weighted by molar-refractivity contribution is 6.30. The number of nitriles is 1. The quantitative estimate of drug-likeness (QED) is 0.914. The molecule has 96 valence electrons. The molecule has 0 saturated heterocycles. The van der Waals surface area contributed by atoms with Crippen molar-refractivity contribution in [3.63, 3.8) is 0 Å². The Hall–Kier alpha value is -2.05. The van der Waals surface area contributed by atoms with Crippen LogP contribution in [-0.4, -0.2) is 6.54 Å². The summed E-state index contributed by atoms with van der Waals surface area (Å²) in [5.74, 6) is -0.235. The summed E-state index contributed by atoms with van der Waals surface area (Å²) < 4.78 is 12.7. The molecule has 0 aliphatic heterocycles. The minimum absolute atomic E-state index is 0.235. The topological polar surface area (TPSA) is 35.8 Å². The van der Waals surface area contributed by atoms with Gasteiger partial charge in [0, 0.05) is 11.6 Å². The Morgan fingerprint density at radius 1 is 1.16 bits per heavy atom.